The summed E-state index contributed by atoms with van der Waals surface area (Å²) in [4.78, 5) is 16.8. The first-order valence-corrected chi connectivity index (χ1v) is 13.6. The number of halogens is 4. The predicted molar refractivity (Wildman–Crippen MR) is 127 cm³/mol. The zero-order valence-electron chi connectivity index (χ0n) is 20.1. The van der Waals surface area contributed by atoms with Gasteiger partial charge >= 0.3 is 6.18 Å². The summed E-state index contributed by atoms with van der Waals surface area (Å²) in [7, 11) is -1.74. The summed E-state index contributed by atoms with van der Waals surface area (Å²) in [5, 5.41) is 6.84. The number of pyridine rings is 1. The number of alkyl halides is 3. The van der Waals surface area contributed by atoms with E-state index in [0.717, 1.165) is 0 Å². The highest BCUT2D eigenvalue weighted by atomic mass is 35.5. The van der Waals surface area contributed by atoms with Crippen molar-refractivity contribution in [3.05, 3.63) is 23.0 Å². The summed E-state index contributed by atoms with van der Waals surface area (Å²) in [5.41, 5.74) is 0.636. The van der Waals surface area contributed by atoms with Crippen LogP contribution >= 0.6 is 11.6 Å². The Kier molecular flexibility index (Phi) is 8.75. The maximum Gasteiger partial charge on any atom is 0.422 e. The van der Waals surface area contributed by atoms with E-state index in [1.807, 2.05) is 0 Å². The second-order valence-corrected chi connectivity index (χ2v) is 11.3. The van der Waals surface area contributed by atoms with E-state index >= 15 is 0 Å². The van der Waals surface area contributed by atoms with Gasteiger partial charge in [0.2, 0.25) is 5.88 Å². The molecule has 3 rings (SSSR count). The molecule has 0 aliphatic heterocycles. The molecule has 14 heteroatoms. The van der Waals surface area contributed by atoms with E-state index in [-0.39, 0.29) is 33.5 Å². The number of nitrogens with one attached hydrogen (secondary N) is 1. The van der Waals surface area contributed by atoms with Gasteiger partial charge in [0.05, 0.1) is 28.6 Å². The zero-order valence-corrected chi connectivity index (χ0v) is 21.6. The Labute approximate surface area is 212 Å². The van der Waals surface area contributed by atoms with Gasteiger partial charge in [0.25, 0.3) is 5.91 Å². The molecule has 0 radical (unpaired) electrons. The zero-order chi connectivity index (χ0) is 26.7. The monoisotopic (exact) mass is 552 g/mol. The lowest BCUT2D eigenvalue weighted by molar-refractivity contribution is -0.154. The number of hydrogen-bond acceptors (Lipinski definition) is 7. The minimum atomic E-state index is -4.52. The fourth-order valence-electron chi connectivity index (χ4n) is 4.16. The number of carbonyl (C=O) groups excluding carboxylic acids is 1. The highest BCUT2D eigenvalue weighted by molar-refractivity contribution is 7.91. The smallest absolute Gasteiger partial charge is 0.422 e. The summed E-state index contributed by atoms with van der Waals surface area (Å²) in [6, 6.07) is 1.21. The summed E-state index contributed by atoms with van der Waals surface area (Å²) >= 11 is 6.54. The molecule has 9 nitrogen and oxygen atoms in total. The molecule has 2 aromatic heterocycles. The number of sulfone groups is 1. The second-order valence-electron chi connectivity index (χ2n) is 8.64. The lowest BCUT2D eigenvalue weighted by Gasteiger charge is -2.27. The molecule has 2 aromatic rings. The van der Waals surface area contributed by atoms with Crippen molar-refractivity contribution in [2.75, 3.05) is 26.5 Å². The molecule has 200 valence electrons. The molecular weight excluding hydrogens is 525 g/mol. The second kappa shape index (κ2) is 11.2. The van der Waals surface area contributed by atoms with Gasteiger partial charge in [-0.1, -0.05) is 11.6 Å². The molecule has 0 saturated heterocycles. The average Bonchev–Trinajstić information content (AvgIpc) is 3.16. The number of methoxy groups -OCH3 is 1. The van der Waals surface area contributed by atoms with Gasteiger partial charge in [0, 0.05) is 31.6 Å². The Balaban J connectivity index is 1.76. The van der Waals surface area contributed by atoms with Crippen LogP contribution in [0.25, 0.3) is 11.3 Å². The summed E-state index contributed by atoms with van der Waals surface area (Å²) in [5.74, 6) is -0.480. The summed E-state index contributed by atoms with van der Waals surface area (Å²) in [6.45, 7) is 0.981. The topological polar surface area (TPSA) is 112 Å². The van der Waals surface area contributed by atoms with Crippen LogP contribution < -0.4 is 14.8 Å². The first kappa shape index (κ1) is 28.0. The van der Waals surface area contributed by atoms with Crippen molar-refractivity contribution in [3.8, 4) is 22.9 Å². The van der Waals surface area contributed by atoms with Crippen molar-refractivity contribution >= 4 is 27.3 Å². The van der Waals surface area contributed by atoms with Crippen LogP contribution in [0.15, 0.2) is 12.3 Å². The number of ether oxygens (including phenoxy) is 2. The van der Waals surface area contributed by atoms with E-state index < -0.39 is 28.5 Å². The van der Waals surface area contributed by atoms with Crippen LogP contribution in [0.3, 0.4) is 0 Å². The molecular formula is C22H28ClF3N4O5S. The Bertz CT molecular complexity index is 1200. The molecule has 1 N–H and O–H groups in total. The van der Waals surface area contributed by atoms with Crippen LogP contribution in [0.1, 0.15) is 43.1 Å². The molecule has 0 unspecified atom stereocenters. The Hall–Kier alpha value is -2.54. The number of nitrogens with zero attached hydrogens (tertiary/aromatic N) is 3. The summed E-state index contributed by atoms with van der Waals surface area (Å²) < 4.78 is 72.3. The first-order chi connectivity index (χ1) is 16.8. The normalized spacial score (nSPS) is 18.6. The first-order valence-electron chi connectivity index (χ1n) is 11.3. The standard InChI is InChI=1S/C22H28ClF3N4O5S/c1-4-30-20(15-11-27-17(9-16(15)34-2)35-12-22(24,25)26)18(23)19(29-30)21(31)28-10-13-5-7-14(8-6-13)36(3,32)33/h9,11,13-14H,4-8,10,12H2,1-3H3,(H,28,31). The largest absolute Gasteiger partial charge is 0.496 e. The van der Waals surface area contributed by atoms with Gasteiger partial charge in [-0.3, -0.25) is 9.48 Å². The lowest BCUT2D eigenvalue weighted by Crippen LogP contribution is -2.34. The number of hydrogen-bond donors (Lipinski definition) is 1. The minimum Gasteiger partial charge on any atom is -0.496 e. The maximum absolute atomic E-state index is 12.9. The quantitative estimate of drug-likeness (QED) is 0.502. The van der Waals surface area contributed by atoms with Crippen LogP contribution in [0.5, 0.6) is 11.6 Å². The van der Waals surface area contributed by atoms with Gasteiger partial charge in [-0.05, 0) is 38.5 Å². The van der Waals surface area contributed by atoms with E-state index in [0.29, 0.717) is 50.0 Å². The molecule has 0 spiro atoms. The highest BCUT2D eigenvalue weighted by Gasteiger charge is 2.31. The fourth-order valence-corrected chi connectivity index (χ4v) is 5.61. The van der Waals surface area contributed by atoms with Crippen molar-refractivity contribution in [1.29, 1.82) is 0 Å². The van der Waals surface area contributed by atoms with Crippen LogP contribution in [0, 0.1) is 5.92 Å². The van der Waals surface area contributed by atoms with Crippen LogP contribution in [0.2, 0.25) is 5.02 Å². The molecule has 0 atom stereocenters. The van der Waals surface area contributed by atoms with Crippen molar-refractivity contribution in [3.63, 3.8) is 0 Å². The van der Waals surface area contributed by atoms with Crippen molar-refractivity contribution in [2.45, 2.75) is 50.6 Å². The number of carbonyl (C=O) groups is 1. The number of amides is 1. The van der Waals surface area contributed by atoms with Crippen molar-refractivity contribution in [1.82, 2.24) is 20.1 Å². The van der Waals surface area contributed by atoms with Crippen LogP contribution in [0.4, 0.5) is 13.2 Å². The average molecular weight is 553 g/mol. The molecule has 2 heterocycles. The van der Waals surface area contributed by atoms with Gasteiger partial charge in [-0.15, -0.1) is 0 Å². The van der Waals surface area contributed by atoms with Gasteiger partial charge in [-0.2, -0.15) is 18.3 Å². The number of aryl methyl sites for hydroxylation is 1. The van der Waals surface area contributed by atoms with Crippen LogP contribution in [-0.2, 0) is 16.4 Å². The molecule has 0 bridgehead atoms. The van der Waals surface area contributed by atoms with E-state index in [1.54, 1.807) is 6.92 Å². The number of aromatic nitrogens is 3. The van der Waals surface area contributed by atoms with Gasteiger partial charge in [-0.25, -0.2) is 13.4 Å². The number of rotatable bonds is 9. The molecule has 0 aromatic carbocycles. The third-order valence-corrected chi connectivity index (χ3v) is 8.10. The molecule has 1 fully saturated rings. The van der Waals surface area contributed by atoms with Gasteiger partial charge < -0.3 is 14.8 Å². The van der Waals surface area contributed by atoms with Crippen molar-refractivity contribution < 1.29 is 35.9 Å². The molecule has 36 heavy (non-hydrogen) atoms. The van der Waals surface area contributed by atoms with Gasteiger partial charge in [0.15, 0.2) is 12.3 Å². The summed E-state index contributed by atoms with van der Waals surface area (Å²) in [6.07, 6.45) is 0.470. The molecule has 1 aliphatic carbocycles. The third-order valence-electron chi connectivity index (χ3n) is 6.06. The van der Waals surface area contributed by atoms with E-state index in [1.165, 1.54) is 30.3 Å². The highest BCUT2D eigenvalue weighted by Crippen LogP contribution is 2.38. The molecule has 1 aliphatic rings. The van der Waals surface area contributed by atoms with E-state index in [9.17, 15) is 26.4 Å². The SMILES string of the molecule is CCn1nc(C(=O)NCC2CCC(S(C)(=O)=O)CC2)c(Cl)c1-c1cnc(OCC(F)(F)F)cc1OC. The minimum absolute atomic E-state index is 0.0159. The Morgan fingerprint density at radius 1 is 1.28 bits per heavy atom. The van der Waals surface area contributed by atoms with E-state index in [4.69, 9.17) is 16.3 Å². The lowest BCUT2D eigenvalue weighted by atomic mass is 9.89. The molecule has 1 saturated carbocycles. The predicted octanol–water partition coefficient (Wildman–Crippen LogP) is 3.90. The van der Waals surface area contributed by atoms with Crippen LogP contribution in [-0.4, -0.2) is 67.0 Å². The van der Waals surface area contributed by atoms with Gasteiger partial charge in [0.1, 0.15) is 15.6 Å². The molecule has 1 amide bonds. The Morgan fingerprint density at radius 3 is 2.50 bits per heavy atom. The third kappa shape index (κ3) is 6.81. The maximum atomic E-state index is 12.9. The Morgan fingerprint density at radius 2 is 1.94 bits per heavy atom. The fraction of sp³-hybridized carbons (Fsp3) is 0.591. The van der Waals surface area contributed by atoms with E-state index in [2.05, 4.69) is 20.1 Å². The van der Waals surface area contributed by atoms with Crippen molar-refractivity contribution in [2.24, 2.45) is 5.92 Å².